The van der Waals surface area contributed by atoms with Gasteiger partial charge < -0.3 is 4.79 Å². The molecule has 1 atom stereocenters. The van der Waals surface area contributed by atoms with Crippen LogP contribution in [0.1, 0.15) is 33.6 Å². The molecular formula is C10H16O. The monoisotopic (exact) mass is 152 g/mol. The lowest BCUT2D eigenvalue weighted by atomic mass is 9.67. The second-order valence-electron chi connectivity index (χ2n) is 4.26. The number of aldehydes is 1. The van der Waals surface area contributed by atoms with Crippen molar-refractivity contribution in [3.8, 4) is 0 Å². The van der Waals surface area contributed by atoms with Gasteiger partial charge in [-0.25, -0.2) is 0 Å². The Kier molecular flexibility index (Phi) is 1.91. The Bertz CT molecular complexity index is 191. The van der Waals surface area contributed by atoms with Gasteiger partial charge in [0.2, 0.25) is 0 Å². The van der Waals surface area contributed by atoms with Crippen LogP contribution in [0.3, 0.4) is 0 Å². The van der Waals surface area contributed by atoms with Gasteiger partial charge in [-0.2, -0.15) is 0 Å². The molecule has 1 rings (SSSR count). The van der Waals surface area contributed by atoms with Crippen LogP contribution in [0.5, 0.6) is 0 Å². The third kappa shape index (κ3) is 1.24. The number of carbonyl (C=O) groups is 1. The van der Waals surface area contributed by atoms with E-state index < -0.39 is 0 Å². The number of rotatable bonds is 2. The highest BCUT2D eigenvalue weighted by molar-refractivity contribution is 5.51. The van der Waals surface area contributed by atoms with Crippen molar-refractivity contribution in [1.29, 1.82) is 0 Å². The van der Waals surface area contributed by atoms with Crippen LogP contribution in [-0.2, 0) is 4.79 Å². The van der Waals surface area contributed by atoms with E-state index in [4.69, 9.17) is 0 Å². The van der Waals surface area contributed by atoms with E-state index in [-0.39, 0.29) is 10.8 Å². The van der Waals surface area contributed by atoms with E-state index in [1.165, 1.54) is 0 Å². The minimum Gasteiger partial charge on any atom is -0.303 e. The van der Waals surface area contributed by atoms with Crippen LogP contribution in [0.4, 0.5) is 0 Å². The van der Waals surface area contributed by atoms with Crippen molar-refractivity contribution in [3.63, 3.8) is 0 Å². The molecule has 0 amide bonds. The fourth-order valence-corrected chi connectivity index (χ4v) is 1.61. The lowest BCUT2D eigenvalue weighted by molar-refractivity contribution is -0.110. The smallest absolute Gasteiger partial charge is 0.120 e. The molecule has 0 aromatic rings. The van der Waals surface area contributed by atoms with E-state index in [1.54, 1.807) is 0 Å². The molecule has 0 spiro atoms. The molecule has 0 bridgehead atoms. The lowest BCUT2D eigenvalue weighted by Crippen LogP contribution is -2.30. The van der Waals surface area contributed by atoms with Crippen LogP contribution in [0.2, 0.25) is 0 Å². The summed E-state index contributed by atoms with van der Waals surface area (Å²) in [5.41, 5.74) is 0.350. The quantitative estimate of drug-likeness (QED) is 0.439. The van der Waals surface area contributed by atoms with Gasteiger partial charge in [-0.15, -0.1) is 0 Å². The van der Waals surface area contributed by atoms with Gasteiger partial charge in [0, 0.05) is 6.42 Å². The summed E-state index contributed by atoms with van der Waals surface area (Å²) in [5.74, 6) is 0. The van der Waals surface area contributed by atoms with Crippen molar-refractivity contribution in [2.45, 2.75) is 33.6 Å². The molecule has 0 saturated heterocycles. The summed E-state index contributed by atoms with van der Waals surface area (Å²) >= 11 is 0. The average molecular weight is 152 g/mol. The minimum absolute atomic E-state index is 0.161. The maximum atomic E-state index is 10.4. The summed E-state index contributed by atoms with van der Waals surface area (Å²) in [4.78, 5) is 10.4. The van der Waals surface area contributed by atoms with E-state index in [9.17, 15) is 4.79 Å². The molecule has 1 aliphatic carbocycles. The molecule has 0 N–H and O–H groups in total. The van der Waals surface area contributed by atoms with Gasteiger partial charge in [-0.3, -0.25) is 0 Å². The highest BCUT2D eigenvalue weighted by Crippen LogP contribution is 2.49. The lowest BCUT2D eigenvalue weighted by Gasteiger charge is -2.36. The largest absolute Gasteiger partial charge is 0.303 e. The first kappa shape index (κ1) is 8.51. The number of hydrogen-bond acceptors (Lipinski definition) is 1. The van der Waals surface area contributed by atoms with Crippen molar-refractivity contribution < 1.29 is 4.79 Å². The molecule has 1 unspecified atom stereocenters. The zero-order chi connectivity index (χ0) is 8.54. The predicted molar refractivity (Wildman–Crippen MR) is 46.3 cm³/mol. The fourth-order valence-electron chi connectivity index (χ4n) is 1.61. The van der Waals surface area contributed by atoms with Crippen molar-refractivity contribution in [1.82, 2.24) is 0 Å². The topological polar surface area (TPSA) is 17.1 Å². The second-order valence-corrected chi connectivity index (χ2v) is 4.26. The Morgan fingerprint density at radius 1 is 1.45 bits per heavy atom. The first-order chi connectivity index (χ1) is 5.02. The maximum Gasteiger partial charge on any atom is 0.120 e. The van der Waals surface area contributed by atoms with E-state index in [2.05, 4.69) is 32.9 Å². The Balaban J connectivity index is 2.80. The van der Waals surface area contributed by atoms with Crippen LogP contribution in [0, 0.1) is 10.8 Å². The molecule has 0 aliphatic heterocycles. The Morgan fingerprint density at radius 2 is 2.09 bits per heavy atom. The fraction of sp³-hybridized carbons (Fsp3) is 0.700. The highest BCUT2D eigenvalue weighted by Gasteiger charge is 2.40. The third-order valence-corrected chi connectivity index (χ3v) is 3.19. The number of carbonyl (C=O) groups excluding carboxylic acids is 1. The van der Waals surface area contributed by atoms with Crippen LogP contribution < -0.4 is 0 Å². The molecular weight excluding hydrogens is 136 g/mol. The number of allylic oxidation sites excluding steroid dienone is 2. The van der Waals surface area contributed by atoms with Crippen LogP contribution in [0.25, 0.3) is 0 Å². The molecule has 11 heavy (non-hydrogen) atoms. The van der Waals surface area contributed by atoms with Gasteiger partial charge in [-0.1, -0.05) is 32.9 Å². The summed E-state index contributed by atoms with van der Waals surface area (Å²) in [5, 5.41) is 0. The molecule has 0 radical (unpaired) electrons. The first-order valence-corrected chi connectivity index (χ1v) is 4.13. The summed E-state index contributed by atoms with van der Waals surface area (Å²) < 4.78 is 0. The maximum absolute atomic E-state index is 10.4. The molecule has 0 aromatic heterocycles. The summed E-state index contributed by atoms with van der Waals surface area (Å²) in [6.07, 6.45) is 7.15. The molecule has 1 heteroatoms. The zero-order valence-corrected chi connectivity index (χ0v) is 7.55. The Hall–Kier alpha value is -0.590. The first-order valence-electron chi connectivity index (χ1n) is 4.13. The third-order valence-electron chi connectivity index (χ3n) is 3.19. The molecule has 0 aromatic carbocycles. The summed E-state index contributed by atoms with van der Waals surface area (Å²) in [6, 6.07) is 0. The predicted octanol–water partition coefficient (Wildman–Crippen LogP) is 2.57. The minimum atomic E-state index is 0.161. The van der Waals surface area contributed by atoms with Gasteiger partial charge in [0.25, 0.3) is 0 Å². The highest BCUT2D eigenvalue weighted by atomic mass is 16.1. The van der Waals surface area contributed by atoms with E-state index in [0.717, 1.165) is 12.7 Å². The van der Waals surface area contributed by atoms with Crippen molar-refractivity contribution in [2.75, 3.05) is 0 Å². The molecule has 1 aliphatic rings. The Morgan fingerprint density at radius 3 is 2.45 bits per heavy atom. The van der Waals surface area contributed by atoms with Gasteiger partial charge in [-0.05, 0) is 17.3 Å². The Labute approximate surface area is 68.5 Å². The van der Waals surface area contributed by atoms with Gasteiger partial charge in [0.05, 0.1) is 0 Å². The molecule has 0 fully saturated rings. The molecule has 62 valence electrons. The van der Waals surface area contributed by atoms with Crippen molar-refractivity contribution >= 4 is 6.29 Å². The standard InChI is InChI=1S/C10H16O/c1-9(2)5-4-6-10(9,3)7-8-11/h4-5,8H,6-7H2,1-3H3. The van der Waals surface area contributed by atoms with E-state index >= 15 is 0 Å². The summed E-state index contributed by atoms with van der Waals surface area (Å²) in [7, 11) is 0. The van der Waals surface area contributed by atoms with Crippen LogP contribution in [0.15, 0.2) is 12.2 Å². The van der Waals surface area contributed by atoms with Gasteiger partial charge in [0.15, 0.2) is 0 Å². The normalized spacial score (nSPS) is 34.1. The molecule has 1 nitrogen and oxygen atoms in total. The number of hydrogen-bond donors (Lipinski definition) is 0. The van der Waals surface area contributed by atoms with E-state index in [1.807, 2.05) is 0 Å². The van der Waals surface area contributed by atoms with E-state index in [0.29, 0.717) is 6.42 Å². The second kappa shape index (κ2) is 2.47. The van der Waals surface area contributed by atoms with Crippen LogP contribution in [-0.4, -0.2) is 6.29 Å². The van der Waals surface area contributed by atoms with Gasteiger partial charge >= 0.3 is 0 Å². The zero-order valence-electron chi connectivity index (χ0n) is 7.55. The SMILES string of the molecule is CC1(C)C=CCC1(C)CC=O. The summed E-state index contributed by atoms with van der Waals surface area (Å²) in [6.45, 7) is 6.57. The molecule has 0 saturated carbocycles. The average Bonchev–Trinajstić information content (AvgIpc) is 2.09. The van der Waals surface area contributed by atoms with Gasteiger partial charge in [0.1, 0.15) is 6.29 Å². The van der Waals surface area contributed by atoms with Crippen molar-refractivity contribution in [3.05, 3.63) is 12.2 Å². The van der Waals surface area contributed by atoms with Crippen LogP contribution >= 0.6 is 0 Å². The molecule has 0 heterocycles. The van der Waals surface area contributed by atoms with Crippen molar-refractivity contribution in [2.24, 2.45) is 10.8 Å².